The molecule has 3 rings (SSSR count). The molecular weight excluding hydrogens is 354 g/mol. The lowest BCUT2D eigenvalue weighted by atomic mass is 10.1. The topological polar surface area (TPSA) is 83.6 Å². The van der Waals surface area contributed by atoms with Crippen molar-refractivity contribution in [2.75, 3.05) is 17.6 Å². The number of hydrogen-bond donors (Lipinski definition) is 2. The van der Waals surface area contributed by atoms with Crippen molar-refractivity contribution in [2.45, 2.75) is 18.6 Å². The summed E-state index contributed by atoms with van der Waals surface area (Å²) in [6, 6.07) is 10.1. The Bertz CT molecular complexity index is 821. The first kappa shape index (κ1) is 17.6. The molecule has 0 aliphatic rings. The molecule has 130 valence electrons. The number of aromatic nitrogens is 4. The number of benzene rings is 1. The van der Waals surface area contributed by atoms with Crippen LogP contribution in [0.4, 0.5) is 5.95 Å². The van der Waals surface area contributed by atoms with E-state index in [4.69, 9.17) is 0 Å². The summed E-state index contributed by atoms with van der Waals surface area (Å²) in [6.45, 7) is 0.731. The van der Waals surface area contributed by atoms with Crippen LogP contribution in [0.5, 0.6) is 0 Å². The molecule has 0 atom stereocenters. The summed E-state index contributed by atoms with van der Waals surface area (Å²) in [5.41, 5.74) is 2.86. The third kappa shape index (κ3) is 5.68. The van der Waals surface area contributed by atoms with Crippen LogP contribution in [-0.2, 0) is 18.6 Å². The van der Waals surface area contributed by atoms with Gasteiger partial charge in [0.05, 0.1) is 23.6 Å². The number of aromatic amines is 1. The highest BCUT2D eigenvalue weighted by atomic mass is 32.2. The fourth-order valence-electron chi connectivity index (χ4n) is 2.28. The largest absolute Gasteiger partial charge is 0.355 e. The van der Waals surface area contributed by atoms with Crippen molar-refractivity contribution in [2.24, 2.45) is 0 Å². The second-order valence-electron chi connectivity index (χ2n) is 5.45. The number of anilines is 1. The van der Waals surface area contributed by atoms with Gasteiger partial charge in [-0.25, -0.2) is 4.98 Å². The lowest BCUT2D eigenvalue weighted by molar-refractivity contribution is 0.911. The van der Waals surface area contributed by atoms with E-state index in [-0.39, 0.29) is 5.56 Å². The Morgan fingerprint density at radius 2 is 2.04 bits per heavy atom. The molecule has 2 aromatic heterocycles. The van der Waals surface area contributed by atoms with Gasteiger partial charge in [-0.1, -0.05) is 30.3 Å². The molecule has 25 heavy (non-hydrogen) atoms. The molecule has 0 amide bonds. The summed E-state index contributed by atoms with van der Waals surface area (Å²) in [5.74, 6) is 2.27. The van der Waals surface area contributed by atoms with Gasteiger partial charge in [0.15, 0.2) is 0 Å². The standard InChI is InChI=1S/C17H19N5OS2/c23-16-14(7-6-13-4-2-1-3-5-13)10-19-17(21-16)18-8-9-24-12-15-11-20-25-22-15/h1-5,10-11H,6-9,12H2,(H2,18,19,21,23). The third-order valence-electron chi connectivity index (χ3n) is 3.59. The number of hydrogen-bond acceptors (Lipinski definition) is 7. The molecule has 6 nitrogen and oxygen atoms in total. The van der Waals surface area contributed by atoms with E-state index in [1.54, 1.807) is 24.2 Å². The molecule has 0 aliphatic heterocycles. The zero-order valence-electron chi connectivity index (χ0n) is 13.6. The first-order valence-electron chi connectivity index (χ1n) is 8.01. The minimum absolute atomic E-state index is 0.0744. The van der Waals surface area contributed by atoms with Crippen LogP contribution in [0.2, 0.25) is 0 Å². The van der Waals surface area contributed by atoms with Crippen LogP contribution in [0.1, 0.15) is 16.8 Å². The SMILES string of the molecule is O=c1[nH]c(NCCSCc2cnsn2)ncc1CCc1ccccc1. The van der Waals surface area contributed by atoms with Crippen LogP contribution >= 0.6 is 23.5 Å². The first-order valence-corrected chi connectivity index (χ1v) is 9.90. The molecule has 3 aromatic rings. The van der Waals surface area contributed by atoms with Crippen molar-refractivity contribution >= 4 is 29.4 Å². The predicted molar refractivity (Wildman–Crippen MR) is 103 cm³/mol. The summed E-state index contributed by atoms with van der Waals surface area (Å²) >= 11 is 2.99. The average Bonchev–Trinajstić information content (AvgIpc) is 3.15. The summed E-state index contributed by atoms with van der Waals surface area (Å²) < 4.78 is 8.13. The Hall–Kier alpha value is -2.19. The number of thioether (sulfide) groups is 1. The number of aryl methyl sites for hydroxylation is 2. The second kappa shape index (κ2) is 9.33. The van der Waals surface area contributed by atoms with E-state index < -0.39 is 0 Å². The molecule has 0 radical (unpaired) electrons. The van der Waals surface area contributed by atoms with Crippen LogP contribution in [0.15, 0.2) is 47.5 Å². The van der Waals surface area contributed by atoms with Crippen LogP contribution in [0, 0.1) is 0 Å². The van der Waals surface area contributed by atoms with Gasteiger partial charge in [0, 0.05) is 29.8 Å². The van der Waals surface area contributed by atoms with Crippen LogP contribution in [0.25, 0.3) is 0 Å². The van der Waals surface area contributed by atoms with E-state index in [9.17, 15) is 4.79 Å². The molecule has 1 aromatic carbocycles. The quantitative estimate of drug-likeness (QED) is 0.561. The van der Waals surface area contributed by atoms with Gasteiger partial charge in [0.25, 0.3) is 5.56 Å². The van der Waals surface area contributed by atoms with E-state index in [1.807, 2.05) is 18.2 Å². The highest BCUT2D eigenvalue weighted by molar-refractivity contribution is 7.98. The third-order valence-corrected chi connectivity index (χ3v) is 5.10. The summed E-state index contributed by atoms with van der Waals surface area (Å²) in [4.78, 5) is 19.3. The van der Waals surface area contributed by atoms with Crippen LogP contribution in [0.3, 0.4) is 0 Å². The average molecular weight is 374 g/mol. The lowest BCUT2D eigenvalue weighted by Gasteiger charge is -2.06. The minimum atomic E-state index is -0.0744. The van der Waals surface area contributed by atoms with Crippen LogP contribution < -0.4 is 10.9 Å². The molecule has 0 unspecified atom stereocenters. The lowest BCUT2D eigenvalue weighted by Crippen LogP contribution is -2.18. The predicted octanol–water partition coefficient (Wildman–Crippen LogP) is 2.75. The fourth-order valence-corrected chi connectivity index (χ4v) is 3.53. The van der Waals surface area contributed by atoms with Gasteiger partial charge in [-0.05, 0) is 18.4 Å². The Morgan fingerprint density at radius 3 is 2.80 bits per heavy atom. The van der Waals surface area contributed by atoms with E-state index in [0.717, 1.165) is 30.2 Å². The minimum Gasteiger partial charge on any atom is -0.355 e. The molecule has 2 heterocycles. The Balaban J connectivity index is 1.42. The molecule has 0 fully saturated rings. The molecule has 0 saturated heterocycles. The van der Waals surface area contributed by atoms with Crippen molar-refractivity contribution in [1.82, 2.24) is 18.7 Å². The molecule has 0 saturated carbocycles. The van der Waals surface area contributed by atoms with Crippen molar-refractivity contribution < 1.29 is 0 Å². The van der Waals surface area contributed by atoms with Crippen molar-refractivity contribution in [3.05, 3.63) is 69.9 Å². The molecule has 8 heteroatoms. The first-order chi connectivity index (χ1) is 12.3. The van der Waals surface area contributed by atoms with Gasteiger partial charge in [-0.2, -0.15) is 20.5 Å². The van der Waals surface area contributed by atoms with Gasteiger partial charge >= 0.3 is 0 Å². The Morgan fingerprint density at radius 1 is 1.16 bits per heavy atom. The van der Waals surface area contributed by atoms with Gasteiger partial charge in [-0.3, -0.25) is 9.78 Å². The highest BCUT2D eigenvalue weighted by Crippen LogP contribution is 2.10. The van der Waals surface area contributed by atoms with Crippen LogP contribution in [-0.4, -0.2) is 31.0 Å². The van der Waals surface area contributed by atoms with Gasteiger partial charge in [-0.15, -0.1) is 0 Å². The highest BCUT2D eigenvalue weighted by Gasteiger charge is 2.03. The Kier molecular flexibility index (Phi) is 6.58. The van der Waals surface area contributed by atoms with E-state index in [1.165, 1.54) is 17.3 Å². The second-order valence-corrected chi connectivity index (χ2v) is 7.11. The van der Waals surface area contributed by atoms with Crippen molar-refractivity contribution in [3.8, 4) is 0 Å². The number of H-pyrrole nitrogens is 1. The number of nitrogens with one attached hydrogen (secondary N) is 2. The van der Waals surface area contributed by atoms with Gasteiger partial charge in [0.1, 0.15) is 0 Å². The maximum Gasteiger partial charge on any atom is 0.255 e. The van der Waals surface area contributed by atoms with E-state index in [2.05, 4.69) is 36.2 Å². The maximum absolute atomic E-state index is 12.2. The van der Waals surface area contributed by atoms with E-state index >= 15 is 0 Å². The fraction of sp³-hybridized carbons (Fsp3) is 0.294. The van der Waals surface area contributed by atoms with Crippen molar-refractivity contribution in [3.63, 3.8) is 0 Å². The summed E-state index contributed by atoms with van der Waals surface area (Å²) in [5, 5.41) is 3.15. The molecule has 0 bridgehead atoms. The monoisotopic (exact) mass is 373 g/mol. The number of rotatable bonds is 9. The molecule has 0 aliphatic carbocycles. The zero-order valence-corrected chi connectivity index (χ0v) is 15.3. The van der Waals surface area contributed by atoms with Gasteiger partial charge in [0.2, 0.25) is 5.95 Å². The molecular formula is C17H19N5OS2. The Labute approximate surface area is 154 Å². The van der Waals surface area contributed by atoms with Crippen molar-refractivity contribution in [1.29, 1.82) is 0 Å². The number of nitrogens with zero attached hydrogens (tertiary/aromatic N) is 3. The normalized spacial score (nSPS) is 10.7. The van der Waals surface area contributed by atoms with Gasteiger partial charge < -0.3 is 5.32 Å². The zero-order chi connectivity index (χ0) is 17.3. The maximum atomic E-state index is 12.2. The van der Waals surface area contributed by atoms with E-state index in [0.29, 0.717) is 17.9 Å². The summed E-state index contributed by atoms with van der Waals surface area (Å²) in [6.07, 6.45) is 4.97. The molecule has 2 N–H and O–H groups in total. The summed E-state index contributed by atoms with van der Waals surface area (Å²) in [7, 11) is 0. The molecule has 0 spiro atoms. The smallest absolute Gasteiger partial charge is 0.255 e.